The lowest BCUT2D eigenvalue weighted by molar-refractivity contribution is 0.973. The third-order valence-corrected chi connectivity index (χ3v) is 3.08. The van der Waals surface area contributed by atoms with Gasteiger partial charge in [-0.3, -0.25) is 5.43 Å². The topological polar surface area (TPSA) is 36.4 Å². The molecule has 0 aliphatic carbocycles. The van der Waals surface area contributed by atoms with Crippen LogP contribution in [-0.2, 0) is 0 Å². The Balaban J connectivity index is 3.00. The van der Waals surface area contributed by atoms with Crippen molar-refractivity contribution in [3.63, 3.8) is 0 Å². The van der Waals surface area contributed by atoms with Crippen LogP contribution in [0.2, 0.25) is 0 Å². The van der Waals surface area contributed by atoms with Crippen molar-refractivity contribution in [2.24, 2.45) is 5.10 Å². The summed E-state index contributed by atoms with van der Waals surface area (Å²) in [5.41, 5.74) is 8.69. The van der Waals surface area contributed by atoms with Crippen LogP contribution in [0.15, 0.2) is 17.2 Å². The molecule has 1 aromatic carbocycles. The van der Waals surface area contributed by atoms with E-state index in [0.717, 1.165) is 11.3 Å². The second-order valence-electron chi connectivity index (χ2n) is 4.14. The Bertz CT molecular complexity index is 464. The maximum absolute atomic E-state index is 4.97. The molecular formula is C13H19N3S. The van der Waals surface area contributed by atoms with Crippen molar-refractivity contribution in [3.05, 3.63) is 34.4 Å². The lowest BCUT2D eigenvalue weighted by atomic mass is 9.98. The first-order valence-corrected chi connectivity index (χ1v) is 5.96. The Morgan fingerprint density at radius 2 is 1.71 bits per heavy atom. The molecular weight excluding hydrogens is 230 g/mol. The molecule has 0 atom stereocenters. The highest BCUT2D eigenvalue weighted by Crippen LogP contribution is 2.15. The van der Waals surface area contributed by atoms with Gasteiger partial charge in [0.1, 0.15) is 0 Å². The molecule has 0 heterocycles. The van der Waals surface area contributed by atoms with E-state index < -0.39 is 0 Å². The fraction of sp³-hybridized carbons (Fsp3) is 0.385. The number of hydrazone groups is 1. The SMILES string of the molecule is CNC(=S)N/N=C(/C)c1cc(C)c(C)cc1C. The van der Waals surface area contributed by atoms with Gasteiger partial charge in [-0.15, -0.1) is 0 Å². The first kappa shape index (κ1) is 13.6. The van der Waals surface area contributed by atoms with Gasteiger partial charge in [0, 0.05) is 12.6 Å². The molecule has 3 nitrogen and oxygen atoms in total. The molecule has 4 heteroatoms. The standard InChI is InChI=1S/C13H19N3S/c1-8-6-10(3)12(7-9(8)2)11(4)15-16-13(17)14-5/h6-7H,1-5H3,(H2,14,16,17)/b15-11-. The monoisotopic (exact) mass is 249 g/mol. The molecule has 0 unspecified atom stereocenters. The van der Waals surface area contributed by atoms with Gasteiger partial charge in [-0.1, -0.05) is 6.07 Å². The summed E-state index contributed by atoms with van der Waals surface area (Å²) < 4.78 is 0. The fourth-order valence-electron chi connectivity index (χ4n) is 1.60. The largest absolute Gasteiger partial charge is 0.364 e. The number of hydrogen-bond acceptors (Lipinski definition) is 2. The van der Waals surface area contributed by atoms with Crippen LogP contribution in [0.5, 0.6) is 0 Å². The number of thiocarbonyl (C=S) groups is 1. The molecule has 0 aliphatic rings. The summed E-state index contributed by atoms with van der Waals surface area (Å²) in [6, 6.07) is 4.34. The van der Waals surface area contributed by atoms with Crippen molar-refractivity contribution >= 4 is 23.0 Å². The minimum Gasteiger partial charge on any atom is -0.364 e. The summed E-state index contributed by atoms with van der Waals surface area (Å²) in [5.74, 6) is 0. The number of rotatable bonds is 2. The van der Waals surface area contributed by atoms with Gasteiger partial charge >= 0.3 is 0 Å². The van der Waals surface area contributed by atoms with Gasteiger partial charge in [-0.25, -0.2) is 0 Å². The lowest BCUT2D eigenvalue weighted by Gasteiger charge is -2.10. The van der Waals surface area contributed by atoms with E-state index >= 15 is 0 Å². The van der Waals surface area contributed by atoms with Crippen LogP contribution < -0.4 is 10.7 Å². The summed E-state index contributed by atoms with van der Waals surface area (Å²) >= 11 is 4.97. The van der Waals surface area contributed by atoms with Gasteiger partial charge in [-0.2, -0.15) is 5.10 Å². The molecule has 0 aliphatic heterocycles. The van der Waals surface area contributed by atoms with Crippen molar-refractivity contribution in [2.45, 2.75) is 27.7 Å². The molecule has 92 valence electrons. The zero-order valence-electron chi connectivity index (χ0n) is 11.0. The highest BCUT2D eigenvalue weighted by Gasteiger charge is 2.05. The van der Waals surface area contributed by atoms with Crippen molar-refractivity contribution in [1.29, 1.82) is 0 Å². The third kappa shape index (κ3) is 3.53. The van der Waals surface area contributed by atoms with E-state index in [1.54, 1.807) is 7.05 Å². The molecule has 0 fully saturated rings. The van der Waals surface area contributed by atoms with Gasteiger partial charge in [0.2, 0.25) is 0 Å². The Kier molecular flexibility index (Phi) is 4.63. The smallest absolute Gasteiger partial charge is 0.186 e. The summed E-state index contributed by atoms with van der Waals surface area (Å²) in [6.45, 7) is 8.30. The molecule has 0 bridgehead atoms. The van der Waals surface area contributed by atoms with E-state index in [2.05, 4.69) is 48.7 Å². The van der Waals surface area contributed by atoms with E-state index in [0.29, 0.717) is 5.11 Å². The average Bonchev–Trinajstić information content (AvgIpc) is 2.30. The summed E-state index contributed by atoms with van der Waals surface area (Å²) in [5, 5.41) is 7.60. The second kappa shape index (κ2) is 5.77. The first-order chi connectivity index (χ1) is 7.95. The van der Waals surface area contributed by atoms with Crippen LogP contribution in [0.3, 0.4) is 0 Å². The molecule has 0 amide bonds. The molecule has 2 N–H and O–H groups in total. The van der Waals surface area contributed by atoms with Crippen LogP contribution in [0.25, 0.3) is 0 Å². The highest BCUT2D eigenvalue weighted by atomic mass is 32.1. The van der Waals surface area contributed by atoms with Gasteiger partial charge in [0.25, 0.3) is 0 Å². The predicted octanol–water partition coefficient (Wildman–Crippen LogP) is 2.43. The van der Waals surface area contributed by atoms with Crippen LogP contribution in [0.1, 0.15) is 29.2 Å². The number of hydrogen-bond donors (Lipinski definition) is 2. The molecule has 0 radical (unpaired) electrons. The number of nitrogens with one attached hydrogen (secondary N) is 2. The minimum atomic E-state index is 0.519. The number of nitrogens with zero attached hydrogens (tertiary/aromatic N) is 1. The molecule has 17 heavy (non-hydrogen) atoms. The Morgan fingerprint density at radius 3 is 2.29 bits per heavy atom. The molecule has 0 saturated heterocycles. The highest BCUT2D eigenvalue weighted by molar-refractivity contribution is 7.80. The number of aryl methyl sites for hydroxylation is 3. The Labute approximate surface area is 108 Å². The van der Waals surface area contributed by atoms with Crippen LogP contribution >= 0.6 is 12.2 Å². The van der Waals surface area contributed by atoms with Gasteiger partial charge < -0.3 is 5.32 Å². The van der Waals surface area contributed by atoms with Crippen LogP contribution in [0.4, 0.5) is 0 Å². The van der Waals surface area contributed by atoms with Crippen molar-refractivity contribution in [1.82, 2.24) is 10.7 Å². The van der Waals surface area contributed by atoms with Gasteiger partial charge in [0.15, 0.2) is 5.11 Å². The van der Waals surface area contributed by atoms with E-state index in [9.17, 15) is 0 Å². The average molecular weight is 249 g/mol. The zero-order chi connectivity index (χ0) is 13.0. The number of benzene rings is 1. The minimum absolute atomic E-state index is 0.519. The third-order valence-electron chi connectivity index (χ3n) is 2.78. The molecule has 0 spiro atoms. The van der Waals surface area contributed by atoms with Crippen LogP contribution in [0, 0.1) is 20.8 Å². The van der Waals surface area contributed by atoms with E-state index in [-0.39, 0.29) is 0 Å². The maximum atomic E-state index is 4.97. The fourth-order valence-corrected chi connectivity index (χ4v) is 1.65. The lowest BCUT2D eigenvalue weighted by Crippen LogP contribution is -2.29. The van der Waals surface area contributed by atoms with Crippen molar-refractivity contribution in [3.8, 4) is 0 Å². The zero-order valence-corrected chi connectivity index (χ0v) is 11.8. The molecule has 0 saturated carbocycles. The second-order valence-corrected chi connectivity index (χ2v) is 4.55. The van der Waals surface area contributed by atoms with Gasteiger partial charge in [-0.05, 0) is 62.7 Å². The van der Waals surface area contributed by atoms with Gasteiger partial charge in [0.05, 0.1) is 5.71 Å². The van der Waals surface area contributed by atoms with Crippen molar-refractivity contribution in [2.75, 3.05) is 7.05 Å². The maximum Gasteiger partial charge on any atom is 0.186 e. The summed E-state index contributed by atoms with van der Waals surface area (Å²) in [7, 11) is 1.77. The summed E-state index contributed by atoms with van der Waals surface area (Å²) in [6.07, 6.45) is 0. The van der Waals surface area contributed by atoms with Crippen molar-refractivity contribution < 1.29 is 0 Å². The predicted molar refractivity (Wildman–Crippen MR) is 77.7 cm³/mol. The first-order valence-electron chi connectivity index (χ1n) is 5.56. The van der Waals surface area contributed by atoms with E-state index in [4.69, 9.17) is 12.2 Å². The van der Waals surface area contributed by atoms with E-state index in [1.165, 1.54) is 16.7 Å². The summed E-state index contributed by atoms with van der Waals surface area (Å²) in [4.78, 5) is 0. The van der Waals surface area contributed by atoms with Crippen LogP contribution in [-0.4, -0.2) is 17.9 Å². The Hall–Kier alpha value is -1.42. The molecule has 1 rings (SSSR count). The molecule has 0 aromatic heterocycles. The quantitative estimate of drug-likeness (QED) is 0.480. The normalized spacial score (nSPS) is 11.2. The molecule has 1 aromatic rings. The van der Waals surface area contributed by atoms with E-state index in [1.807, 2.05) is 6.92 Å². The Morgan fingerprint density at radius 1 is 1.12 bits per heavy atom.